The predicted octanol–water partition coefficient (Wildman–Crippen LogP) is 4.35. The summed E-state index contributed by atoms with van der Waals surface area (Å²) in [6.07, 6.45) is 0. The minimum atomic E-state index is -0.227. The number of carbonyl (C=O) groups is 2. The average molecular weight is 381 g/mol. The van der Waals surface area contributed by atoms with Crippen LogP contribution in [-0.4, -0.2) is 29.6 Å². The summed E-state index contributed by atoms with van der Waals surface area (Å²) in [5.41, 5.74) is 4.48. The number of nitrogens with zero attached hydrogens (tertiary/aromatic N) is 1. The Balaban J connectivity index is 1.95. The minimum Gasteiger partial charge on any atom is -0.497 e. The first-order valence-corrected chi connectivity index (χ1v) is 9.88. The van der Waals surface area contributed by atoms with Crippen molar-refractivity contribution in [3.05, 3.63) is 69.6 Å². The second-order valence-corrected chi connectivity index (χ2v) is 7.75. The molecule has 0 fully saturated rings. The van der Waals surface area contributed by atoms with Crippen LogP contribution in [-0.2, 0) is 16.1 Å². The minimum absolute atomic E-state index is 0.212. The van der Waals surface area contributed by atoms with E-state index in [1.165, 1.54) is 16.7 Å². The third-order valence-corrected chi connectivity index (χ3v) is 5.67. The smallest absolute Gasteiger partial charge is 0.268 e. The number of amides is 2. The van der Waals surface area contributed by atoms with Crippen LogP contribution in [0, 0.1) is 13.8 Å². The number of imide groups is 1. The van der Waals surface area contributed by atoms with E-state index >= 15 is 0 Å². The van der Waals surface area contributed by atoms with Gasteiger partial charge < -0.3 is 4.74 Å². The van der Waals surface area contributed by atoms with Crippen molar-refractivity contribution in [3.63, 3.8) is 0 Å². The molecule has 1 aliphatic rings. The molecule has 0 saturated heterocycles. The van der Waals surface area contributed by atoms with Crippen LogP contribution in [0.2, 0.25) is 0 Å². The van der Waals surface area contributed by atoms with E-state index in [4.69, 9.17) is 4.74 Å². The zero-order valence-corrected chi connectivity index (χ0v) is 16.9. The van der Waals surface area contributed by atoms with Gasteiger partial charge in [0, 0.05) is 0 Å². The number of aryl methyl sites for hydroxylation is 2. The summed E-state index contributed by atoms with van der Waals surface area (Å²) < 4.78 is 5.17. The highest BCUT2D eigenvalue weighted by molar-refractivity contribution is 8.04. The quantitative estimate of drug-likeness (QED) is 0.698. The van der Waals surface area contributed by atoms with E-state index in [2.05, 4.69) is 0 Å². The molecule has 3 rings (SSSR count). The fraction of sp³-hybridized carbons (Fsp3) is 0.273. The van der Waals surface area contributed by atoms with E-state index in [1.54, 1.807) is 7.11 Å². The van der Waals surface area contributed by atoms with Gasteiger partial charge in [-0.1, -0.05) is 37.3 Å². The molecule has 0 atom stereocenters. The SMILES string of the molecule is CCSC1=C(c2ccc(C)c(C)c2)C(=O)N(Cc2ccc(OC)cc2)C1=O. The summed E-state index contributed by atoms with van der Waals surface area (Å²) in [5.74, 6) is 1.04. The van der Waals surface area contributed by atoms with Crippen LogP contribution in [0.4, 0.5) is 0 Å². The van der Waals surface area contributed by atoms with Gasteiger partial charge in [0.25, 0.3) is 11.8 Å². The van der Waals surface area contributed by atoms with Gasteiger partial charge in [0.15, 0.2) is 0 Å². The van der Waals surface area contributed by atoms with Gasteiger partial charge in [-0.05, 0) is 54.0 Å². The molecular weight excluding hydrogens is 358 g/mol. The molecule has 4 nitrogen and oxygen atoms in total. The molecule has 2 aromatic rings. The molecule has 0 radical (unpaired) electrons. The highest BCUT2D eigenvalue weighted by atomic mass is 32.2. The van der Waals surface area contributed by atoms with E-state index in [-0.39, 0.29) is 18.4 Å². The number of rotatable bonds is 6. The molecule has 0 aromatic heterocycles. The van der Waals surface area contributed by atoms with Gasteiger partial charge in [-0.3, -0.25) is 14.5 Å². The van der Waals surface area contributed by atoms with Crippen LogP contribution in [0.3, 0.4) is 0 Å². The molecule has 0 bridgehead atoms. The van der Waals surface area contributed by atoms with Gasteiger partial charge in [0.1, 0.15) is 5.75 Å². The first-order chi connectivity index (χ1) is 13.0. The van der Waals surface area contributed by atoms with Gasteiger partial charge >= 0.3 is 0 Å². The lowest BCUT2D eigenvalue weighted by Crippen LogP contribution is -2.30. The first-order valence-electron chi connectivity index (χ1n) is 8.90. The number of methoxy groups -OCH3 is 1. The summed E-state index contributed by atoms with van der Waals surface area (Å²) in [7, 11) is 1.61. The topological polar surface area (TPSA) is 46.6 Å². The number of hydrogen-bond donors (Lipinski definition) is 0. The molecule has 2 aromatic carbocycles. The number of thioether (sulfide) groups is 1. The summed E-state index contributed by atoms with van der Waals surface area (Å²) in [6, 6.07) is 13.3. The Hall–Kier alpha value is -2.53. The van der Waals surface area contributed by atoms with Crippen molar-refractivity contribution in [2.45, 2.75) is 27.3 Å². The molecule has 0 spiro atoms. The monoisotopic (exact) mass is 381 g/mol. The van der Waals surface area contributed by atoms with Gasteiger partial charge in [-0.15, -0.1) is 11.8 Å². The number of hydrogen-bond acceptors (Lipinski definition) is 4. The molecule has 1 aliphatic heterocycles. The van der Waals surface area contributed by atoms with E-state index in [0.717, 1.165) is 33.8 Å². The number of carbonyl (C=O) groups excluding carboxylic acids is 2. The maximum atomic E-state index is 13.1. The number of benzene rings is 2. The van der Waals surface area contributed by atoms with E-state index in [9.17, 15) is 9.59 Å². The lowest BCUT2D eigenvalue weighted by atomic mass is 10.0. The molecule has 140 valence electrons. The highest BCUT2D eigenvalue weighted by Gasteiger charge is 2.38. The van der Waals surface area contributed by atoms with Crippen molar-refractivity contribution in [1.82, 2.24) is 4.90 Å². The van der Waals surface area contributed by atoms with Crippen molar-refractivity contribution in [2.24, 2.45) is 0 Å². The molecule has 0 saturated carbocycles. The van der Waals surface area contributed by atoms with Crippen LogP contribution in [0.15, 0.2) is 47.4 Å². The Bertz CT molecular complexity index is 916. The fourth-order valence-electron chi connectivity index (χ4n) is 3.04. The third kappa shape index (κ3) is 3.78. The van der Waals surface area contributed by atoms with Crippen molar-refractivity contribution in [3.8, 4) is 5.75 Å². The van der Waals surface area contributed by atoms with E-state index < -0.39 is 0 Å². The summed E-state index contributed by atoms with van der Waals surface area (Å²) in [4.78, 5) is 28.0. The summed E-state index contributed by atoms with van der Waals surface area (Å²) in [5, 5.41) is 0. The third-order valence-electron chi connectivity index (χ3n) is 4.71. The molecule has 0 unspecified atom stereocenters. The molecule has 5 heteroatoms. The van der Waals surface area contributed by atoms with Crippen molar-refractivity contribution in [1.29, 1.82) is 0 Å². The first kappa shape index (κ1) is 19.2. The van der Waals surface area contributed by atoms with E-state index in [1.807, 2.05) is 63.2 Å². The number of ether oxygens (including phenoxy) is 1. The van der Waals surface area contributed by atoms with E-state index in [0.29, 0.717) is 10.5 Å². The highest BCUT2D eigenvalue weighted by Crippen LogP contribution is 2.37. The zero-order valence-electron chi connectivity index (χ0n) is 16.0. The molecular formula is C22H23NO3S. The zero-order chi connectivity index (χ0) is 19.6. The Kier molecular flexibility index (Phi) is 5.71. The molecule has 0 aliphatic carbocycles. The standard InChI is InChI=1S/C22H23NO3S/c1-5-27-20-19(17-9-6-14(2)15(3)12-17)21(24)23(22(20)25)13-16-7-10-18(26-4)11-8-16/h6-12H,5,13H2,1-4H3. The lowest BCUT2D eigenvalue weighted by Gasteiger charge is -2.15. The van der Waals surface area contributed by atoms with Crippen molar-refractivity contribution >= 4 is 29.1 Å². The Labute approximate surface area is 164 Å². The van der Waals surface area contributed by atoms with Crippen LogP contribution in [0.25, 0.3) is 5.57 Å². The van der Waals surface area contributed by atoms with Crippen LogP contribution >= 0.6 is 11.8 Å². The normalized spacial score (nSPS) is 14.3. The van der Waals surface area contributed by atoms with Crippen molar-refractivity contribution in [2.75, 3.05) is 12.9 Å². The summed E-state index contributed by atoms with van der Waals surface area (Å²) >= 11 is 1.43. The fourth-order valence-corrected chi connectivity index (χ4v) is 3.91. The van der Waals surface area contributed by atoms with Gasteiger partial charge in [0.05, 0.1) is 24.1 Å². The molecule has 0 N–H and O–H groups in total. The molecule has 2 amide bonds. The second-order valence-electron chi connectivity index (χ2n) is 6.48. The lowest BCUT2D eigenvalue weighted by molar-refractivity contribution is -0.137. The average Bonchev–Trinajstić information content (AvgIpc) is 2.89. The molecule has 27 heavy (non-hydrogen) atoms. The maximum absolute atomic E-state index is 13.1. The Morgan fingerprint density at radius 1 is 0.963 bits per heavy atom. The van der Waals surface area contributed by atoms with Crippen LogP contribution in [0.5, 0.6) is 5.75 Å². The Morgan fingerprint density at radius 2 is 1.67 bits per heavy atom. The van der Waals surface area contributed by atoms with Crippen molar-refractivity contribution < 1.29 is 14.3 Å². The second kappa shape index (κ2) is 8.01. The van der Waals surface area contributed by atoms with Gasteiger partial charge in [-0.25, -0.2) is 0 Å². The van der Waals surface area contributed by atoms with Gasteiger partial charge in [-0.2, -0.15) is 0 Å². The van der Waals surface area contributed by atoms with Gasteiger partial charge in [0.2, 0.25) is 0 Å². The maximum Gasteiger partial charge on any atom is 0.268 e. The molecule has 1 heterocycles. The predicted molar refractivity (Wildman–Crippen MR) is 110 cm³/mol. The van der Waals surface area contributed by atoms with Crippen LogP contribution in [0.1, 0.15) is 29.2 Å². The summed E-state index contributed by atoms with van der Waals surface area (Å²) in [6.45, 7) is 6.29. The Morgan fingerprint density at radius 3 is 2.26 bits per heavy atom. The van der Waals surface area contributed by atoms with Crippen LogP contribution < -0.4 is 4.74 Å². The largest absolute Gasteiger partial charge is 0.497 e.